The SMILES string of the molecule is O=C(CSc1nc2c(cnn2-c2cccc(Cl)c2)c(=O)[nH]1)Nc1ccc(Cl)cc1. The zero-order valence-electron chi connectivity index (χ0n) is 14.7. The van der Waals surface area contributed by atoms with Crippen molar-refractivity contribution in [2.45, 2.75) is 5.16 Å². The number of hydrogen-bond donors (Lipinski definition) is 2. The van der Waals surface area contributed by atoms with Crippen molar-refractivity contribution in [1.29, 1.82) is 0 Å². The first kappa shape index (κ1) is 19.5. The van der Waals surface area contributed by atoms with Gasteiger partial charge >= 0.3 is 0 Å². The number of rotatable bonds is 5. The molecule has 0 bridgehead atoms. The average Bonchev–Trinajstić information content (AvgIpc) is 3.13. The molecule has 4 rings (SSSR count). The summed E-state index contributed by atoms with van der Waals surface area (Å²) in [5.41, 5.74) is 1.37. The third-order valence-corrected chi connectivity index (χ3v) is 5.30. The number of anilines is 1. The minimum atomic E-state index is -0.330. The average molecular weight is 446 g/mol. The molecule has 29 heavy (non-hydrogen) atoms. The molecule has 0 spiro atoms. The number of thioether (sulfide) groups is 1. The van der Waals surface area contributed by atoms with E-state index in [1.54, 1.807) is 42.5 Å². The lowest BCUT2D eigenvalue weighted by molar-refractivity contribution is -0.113. The molecule has 10 heteroatoms. The highest BCUT2D eigenvalue weighted by molar-refractivity contribution is 7.99. The molecule has 0 aliphatic rings. The van der Waals surface area contributed by atoms with Crippen LogP contribution in [0.3, 0.4) is 0 Å². The summed E-state index contributed by atoms with van der Waals surface area (Å²) in [5, 5.41) is 8.80. The predicted octanol–water partition coefficient (Wildman–Crippen LogP) is 4.15. The number of hydrogen-bond acceptors (Lipinski definition) is 5. The van der Waals surface area contributed by atoms with Gasteiger partial charge in [-0.1, -0.05) is 41.0 Å². The molecule has 7 nitrogen and oxygen atoms in total. The van der Waals surface area contributed by atoms with E-state index < -0.39 is 0 Å². The fourth-order valence-electron chi connectivity index (χ4n) is 2.63. The minimum Gasteiger partial charge on any atom is -0.325 e. The van der Waals surface area contributed by atoms with Gasteiger partial charge in [0.25, 0.3) is 5.56 Å². The maximum Gasteiger partial charge on any atom is 0.262 e. The molecule has 2 N–H and O–H groups in total. The molecule has 0 atom stereocenters. The highest BCUT2D eigenvalue weighted by Crippen LogP contribution is 2.20. The van der Waals surface area contributed by atoms with Gasteiger partial charge in [0.2, 0.25) is 5.91 Å². The summed E-state index contributed by atoms with van der Waals surface area (Å²) >= 11 is 13.0. The molecule has 0 fully saturated rings. The fraction of sp³-hybridized carbons (Fsp3) is 0.0526. The van der Waals surface area contributed by atoms with Gasteiger partial charge in [-0.05, 0) is 42.5 Å². The molecule has 0 aliphatic heterocycles. The van der Waals surface area contributed by atoms with Crippen LogP contribution in [0.25, 0.3) is 16.7 Å². The number of benzene rings is 2. The van der Waals surface area contributed by atoms with Crippen LogP contribution in [-0.4, -0.2) is 31.4 Å². The summed E-state index contributed by atoms with van der Waals surface area (Å²) in [4.78, 5) is 31.7. The second kappa shape index (κ2) is 8.28. The number of H-pyrrole nitrogens is 1. The van der Waals surface area contributed by atoms with Gasteiger partial charge in [-0.15, -0.1) is 0 Å². The van der Waals surface area contributed by atoms with Gasteiger partial charge in [0.05, 0.1) is 17.6 Å². The standard InChI is InChI=1S/C19H13Cl2N5O2S/c20-11-4-6-13(7-5-11)23-16(27)10-29-19-24-17-15(18(28)25-19)9-22-26(17)14-3-1-2-12(21)8-14/h1-9H,10H2,(H,23,27)(H,24,25,28). The van der Waals surface area contributed by atoms with Gasteiger partial charge in [0, 0.05) is 15.7 Å². The Kier molecular flexibility index (Phi) is 5.57. The number of halogens is 2. The molecule has 0 aliphatic carbocycles. The molecule has 1 amide bonds. The van der Waals surface area contributed by atoms with Crippen LogP contribution >= 0.6 is 35.0 Å². The van der Waals surface area contributed by atoms with E-state index in [0.717, 1.165) is 11.8 Å². The maximum absolute atomic E-state index is 12.4. The zero-order chi connectivity index (χ0) is 20.4. The fourth-order valence-corrected chi connectivity index (χ4v) is 3.59. The Balaban J connectivity index is 1.55. The number of nitrogens with zero attached hydrogens (tertiary/aromatic N) is 3. The van der Waals surface area contributed by atoms with Crippen molar-refractivity contribution >= 4 is 57.6 Å². The smallest absolute Gasteiger partial charge is 0.262 e. The summed E-state index contributed by atoms with van der Waals surface area (Å²) in [7, 11) is 0. The molecule has 2 heterocycles. The van der Waals surface area contributed by atoms with Crippen LogP contribution in [0.15, 0.2) is 64.7 Å². The molecular formula is C19H13Cl2N5O2S. The van der Waals surface area contributed by atoms with Gasteiger partial charge in [0.15, 0.2) is 10.8 Å². The number of carbonyl (C=O) groups excluding carboxylic acids is 1. The normalized spacial score (nSPS) is 11.0. The van der Waals surface area contributed by atoms with Crippen LogP contribution in [0.2, 0.25) is 10.0 Å². The van der Waals surface area contributed by atoms with Crippen molar-refractivity contribution in [3.63, 3.8) is 0 Å². The topological polar surface area (TPSA) is 92.7 Å². The van der Waals surface area contributed by atoms with Crippen molar-refractivity contribution < 1.29 is 4.79 Å². The largest absolute Gasteiger partial charge is 0.325 e. The molecular weight excluding hydrogens is 433 g/mol. The van der Waals surface area contributed by atoms with E-state index >= 15 is 0 Å². The summed E-state index contributed by atoms with van der Waals surface area (Å²) in [5.74, 6) is -0.161. The van der Waals surface area contributed by atoms with E-state index in [1.807, 2.05) is 6.07 Å². The predicted molar refractivity (Wildman–Crippen MR) is 115 cm³/mol. The molecule has 4 aromatic rings. The quantitative estimate of drug-likeness (QED) is 0.355. The van der Waals surface area contributed by atoms with Gasteiger partial charge in [0.1, 0.15) is 5.39 Å². The molecule has 2 aromatic heterocycles. The summed E-state index contributed by atoms with van der Waals surface area (Å²) < 4.78 is 1.54. The van der Waals surface area contributed by atoms with E-state index in [1.165, 1.54) is 10.9 Å². The number of aromatic amines is 1. The lowest BCUT2D eigenvalue weighted by Gasteiger charge is -2.06. The van der Waals surface area contributed by atoms with E-state index in [-0.39, 0.29) is 17.2 Å². The number of fused-ring (bicyclic) bond motifs is 1. The highest BCUT2D eigenvalue weighted by Gasteiger charge is 2.13. The Labute approximate surface area is 179 Å². The second-order valence-electron chi connectivity index (χ2n) is 5.99. The molecule has 0 unspecified atom stereocenters. The molecule has 146 valence electrons. The van der Waals surface area contributed by atoms with E-state index in [4.69, 9.17) is 23.2 Å². The number of aromatic nitrogens is 4. The van der Waals surface area contributed by atoms with Crippen LogP contribution < -0.4 is 10.9 Å². The monoisotopic (exact) mass is 445 g/mol. The van der Waals surface area contributed by atoms with Crippen LogP contribution in [0.4, 0.5) is 5.69 Å². The van der Waals surface area contributed by atoms with Crippen LogP contribution in [0.1, 0.15) is 0 Å². The summed E-state index contributed by atoms with van der Waals surface area (Å²) in [6, 6.07) is 13.9. The lowest BCUT2D eigenvalue weighted by atomic mass is 10.3. The van der Waals surface area contributed by atoms with E-state index in [0.29, 0.717) is 37.6 Å². The third-order valence-electron chi connectivity index (χ3n) is 3.94. The summed E-state index contributed by atoms with van der Waals surface area (Å²) in [6.45, 7) is 0. The minimum absolute atomic E-state index is 0.0718. The Hall–Kier alpha value is -2.81. The highest BCUT2D eigenvalue weighted by atomic mass is 35.5. The van der Waals surface area contributed by atoms with Gasteiger partial charge in [-0.2, -0.15) is 5.10 Å². The molecule has 0 saturated heterocycles. The van der Waals surface area contributed by atoms with Crippen LogP contribution in [-0.2, 0) is 4.79 Å². The third kappa shape index (κ3) is 4.45. The molecule has 2 aromatic carbocycles. The molecule has 0 radical (unpaired) electrons. The van der Waals surface area contributed by atoms with E-state index in [9.17, 15) is 9.59 Å². The van der Waals surface area contributed by atoms with Gasteiger partial charge in [-0.25, -0.2) is 9.67 Å². The number of carbonyl (C=O) groups is 1. The lowest BCUT2D eigenvalue weighted by Crippen LogP contribution is -2.15. The summed E-state index contributed by atoms with van der Waals surface area (Å²) in [6.07, 6.45) is 1.45. The molecule has 0 saturated carbocycles. The number of nitrogens with one attached hydrogen (secondary N) is 2. The maximum atomic E-state index is 12.4. The van der Waals surface area contributed by atoms with E-state index in [2.05, 4.69) is 20.4 Å². The van der Waals surface area contributed by atoms with Gasteiger partial charge < -0.3 is 10.3 Å². The number of amides is 1. The van der Waals surface area contributed by atoms with Crippen LogP contribution in [0, 0.1) is 0 Å². The van der Waals surface area contributed by atoms with Crippen LogP contribution in [0.5, 0.6) is 0 Å². The zero-order valence-corrected chi connectivity index (χ0v) is 17.1. The Bertz CT molecular complexity index is 1250. The van der Waals surface area contributed by atoms with Gasteiger partial charge in [-0.3, -0.25) is 9.59 Å². The second-order valence-corrected chi connectivity index (χ2v) is 7.83. The Morgan fingerprint density at radius 3 is 2.69 bits per heavy atom. The van der Waals surface area contributed by atoms with Crippen molar-refractivity contribution in [3.05, 3.63) is 75.1 Å². The Morgan fingerprint density at radius 2 is 1.93 bits per heavy atom. The van der Waals surface area contributed by atoms with Crippen molar-refractivity contribution in [1.82, 2.24) is 19.7 Å². The first-order valence-corrected chi connectivity index (χ1v) is 10.2. The van der Waals surface area contributed by atoms with Crippen molar-refractivity contribution in [2.24, 2.45) is 0 Å². The first-order valence-electron chi connectivity index (χ1n) is 8.42. The van der Waals surface area contributed by atoms with Crippen molar-refractivity contribution in [3.8, 4) is 5.69 Å². The first-order chi connectivity index (χ1) is 14.0. The van der Waals surface area contributed by atoms with Crippen molar-refractivity contribution in [2.75, 3.05) is 11.1 Å². The Morgan fingerprint density at radius 1 is 1.14 bits per heavy atom.